The van der Waals surface area contributed by atoms with Crippen LogP contribution in [0.15, 0.2) is 0 Å². The van der Waals surface area contributed by atoms with E-state index in [0.717, 1.165) is 8.97 Å². The Morgan fingerprint density at radius 3 is 1.11 bits per heavy atom. The molecule has 0 spiro atoms. The lowest BCUT2D eigenvalue weighted by molar-refractivity contribution is -0.930. The highest BCUT2D eigenvalue weighted by atomic mass is 79.9. The van der Waals surface area contributed by atoms with Gasteiger partial charge in [0.05, 0.1) is 109 Å². The van der Waals surface area contributed by atoms with Gasteiger partial charge in [0.2, 0.25) is 0 Å². The number of unbranched alkanes of at least 4 members (excludes halogenated alkanes) is 5. The summed E-state index contributed by atoms with van der Waals surface area (Å²) in [6.07, 6.45) is 12.4. The van der Waals surface area contributed by atoms with Crippen LogP contribution in [-0.4, -0.2) is 127 Å². The molecule has 0 N–H and O–H groups in total. The first kappa shape index (κ1) is 51.1. The fourth-order valence-electron chi connectivity index (χ4n) is 4.57. The van der Waals surface area contributed by atoms with Crippen molar-refractivity contribution in [1.82, 2.24) is 0 Å². The minimum Gasteiger partial charge on any atom is -1.00 e. The molecule has 4 nitrogen and oxygen atoms in total. The summed E-state index contributed by atoms with van der Waals surface area (Å²) in [6.45, 7) is 19.9. The molecule has 0 rings (SSSR count). The number of hydrogen-bond acceptors (Lipinski definition) is 0. The molecule has 0 saturated heterocycles. The van der Waals surface area contributed by atoms with Crippen molar-refractivity contribution >= 4 is 0 Å². The Hall–Kier alpha value is 1.38. The van der Waals surface area contributed by atoms with E-state index >= 15 is 0 Å². The van der Waals surface area contributed by atoms with Crippen molar-refractivity contribution in [2.45, 2.75) is 85.5 Å². The average molecular weight is 706 g/mol. The first-order valence-corrected chi connectivity index (χ1v) is 14.4. The zero-order chi connectivity index (χ0) is 26.0. The monoisotopic (exact) mass is 702 g/mol. The largest absolute Gasteiger partial charge is 1.00 e. The van der Waals surface area contributed by atoms with Crippen molar-refractivity contribution < 1.29 is 76.7 Å². The molecule has 0 aliphatic heterocycles. The summed E-state index contributed by atoms with van der Waals surface area (Å²) in [4.78, 5) is 0. The van der Waals surface area contributed by atoms with Crippen LogP contribution < -0.4 is 58.8 Å². The van der Waals surface area contributed by atoms with Crippen molar-refractivity contribution in [3.63, 3.8) is 0 Å². The van der Waals surface area contributed by atoms with Crippen molar-refractivity contribution in [2.75, 3.05) is 109 Å². The Kier molecular flexibility index (Phi) is 38.1. The molecule has 0 aromatic rings. The van der Waals surface area contributed by atoms with Crippen molar-refractivity contribution in [3.8, 4) is 0 Å². The maximum atomic E-state index is 2.38. The molecule has 8 heteroatoms. The Balaban J connectivity index is -0.000000117. The van der Waals surface area contributed by atoms with E-state index in [1.165, 1.54) is 119 Å². The first-order valence-electron chi connectivity index (χ1n) is 14.4. The highest BCUT2D eigenvalue weighted by molar-refractivity contribution is 4.45. The third kappa shape index (κ3) is 35.4. The van der Waals surface area contributed by atoms with E-state index < -0.39 is 0 Å². The Morgan fingerprint density at radius 1 is 0.378 bits per heavy atom. The standard InChI is InChI=1S/C15H36N2.C14H34N2.2BrH.2ClH/c1-7-8-9-10-11-14-17(5,6)15-12-13-16(2,3)4;1-7-10-13-16(8-2,9-3)14-11-12-15(4,5)6;;;;/h7-15H2,1-6H3;7-14H2,1-6H3;4*1H/q2*+2;;;;/p-4. The van der Waals surface area contributed by atoms with Crippen molar-refractivity contribution in [1.29, 1.82) is 0 Å². The van der Waals surface area contributed by atoms with Crippen LogP contribution in [0.25, 0.3) is 0 Å². The van der Waals surface area contributed by atoms with E-state index in [9.17, 15) is 0 Å². The molecule has 0 aliphatic carbocycles. The molecule has 0 bridgehead atoms. The van der Waals surface area contributed by atoms with Crippen LogP contribution in [0.2, 0.25) is 0 Å². The van der Waals surface area contributed by atoms with E-state index in [4.69, 9.17) is 0 Å². The molecule has 0 aromatic heterocycles. The van der Waals surface area contributed by atoms with E-state index in [0.29, 0.717) is 0 Å². The molecular weight excluding hydrogens is 635 g/mol. The van der Waals surface area contributed by atoms with Crippen molar-refractivity contribution in [3.05, 3.63) is 0 Å². The second-order valence-corrected chi connectivity index (χ2v) is 13.3. The van der Waals surface area contributed by atoms with Crippen LogP contribution in [0.1, 0.15) is 85.5 Å². The summed E-state index contributed by atoms with van der Waals surface area (Å²) in [7, 11) is 18.5. The lowest BCUT2D eigenvalue weighted by Gasteiger charge is -2.37. The molecule has 0 unspecified atom stereocenters. The molecule has 0 atom stereocenters. The Bertz CT molecular complexity index is 450. The molecule has 0 radical (unpaired) electrons. The molecule has 234 valence electrons. The average Bonchev–Trinajstić information content (AvgIpc) is 2.69. The van der Waals surface area contributed by atoms with Crippen LogP contribution in [0.4, 0.5) is 0 Å². The van der Waals surface area contributed by atoms with Crippen LogP contribution in [0, 0.1) is 0 Å². The minimum atomic E-state index is 0. The summed E-state index contributed by atoms with van der Waals surface area (Å²) >= 11 is 0. The van der Waals surface area contributed by atoms with Gasteiger partial charge in [0, 0.05) is 12.8 Å². The first-order chi connectivity index (χ1) is 15.2. The molecule has 0 heterocycles. The number of nitrogens with zero attached hydrogens (tertiary/aromatic N) is 4. The Labute approximate surface area is 269 Å². The van der Waals surface area contributed by atoms with E-state index in [1.54, 1.807) is 0 Å². The van der Waals surface area contributed by atoms with Gasteiger partial charge in [-0.15, -0.1) is 0 Å². The smallest absolute Gasteiger partial charge is 0.0840 e. The van der Waals surface area contributed by atoms with Crippen LogP contribution in [0.3, 0.4) is 0 Å². The van der Waals surface area contributed by atoms with Crippen molar-refractivity contribution in [2.24, 2.45) is 0 Å². The summed E-state index contributed by atoms with van der Waals surface area (Å²) in [5.74, 6) is 0. The third-order valence-corrected chi connectivity index (χ3v) is 7.25. The summed E-state index contributed by atoms with van der Waals surface area (Å²) in [6, 6.07) is 0. The Morgan fingerprint density at radius 2 is 0.730 bits per heavy atom. The second-order valence-electron chi connectivity index (χ2n) is 13.3. The van der Waals surface area contributed by atoms with Crippen LogP contribution in [0.5, 0.6) is 0 Å². The molecule has 0 fully saturated rings. The summed E-state index contributed by atoms with van der Waals surface area (Å²) < 4.78 is 4.72. The maximum Gasteiger partial charge on any atom is 0.0840 e. The third-order valence-electron chi connectivity index (χ3n) is 7.25. The minimum absolute atomic E-state index is 0. The highest BCUT2D eigenvalue weighted by Gasteiger charge is 2.23. The van der Waals surface area contributed by atoms with Crippen LogP contribution in [-0.2, 0) is 0 Å². The quantitative estimate of drug-likeness (QED) is 0.0929. The lowest BCUT2D eigenvalue weighted by atomic mass is 10.1. The SMILES string of the molecule is CCCCCCC[N+](C)(C)CCC[N+](C)(C)C.CCCC[N+](CC)(CC)CCC[N+](C)(C)C.[Br-].[Br-].[Cl-].[Cl-]. The van der Waals surface area contributed by atoms with Gasteiger partial charge in [-0.2, -0.15) is 0 Å². The summed E-state index contributed by atoms with van der Waals surface area (Å²) in [5.41, 5.74) is 0. The fourth-order valence-corrected chi connectivity index (χ4v) is 4.57. The van der Waals surface area contributed by atoms with E-state index in [1.807, 2.05) is 0 Å². The molecule has 37 heavy (non-hydrogen) atoms. The number of hydrogen-bond donors (Lipinski definition) is 0. The predicted molar refractivity (Wildman–Crippen MR) is 152 cm³/mol. The van der Waals surface area contributed by atoms with Gasteiger partial charge in [-0.3, -0.25) is 0 Å². The molecule has 0 amide bonds. The zero-order valence-corrected chi connectivity index (χ0v) is 32.0. The molecule has 0 saturated carbocycles. The molecule has 0 aromatic carbocycles. The normalized spacial score (nSPS) is 11.7. The number of rotatable bonds is 19. The topological polar surface area (TPSA) is 0 Å². The highest BCUT2D eigenvalue weighted by Crippen LogP contribution is 2.11. The molecular formula is C29H70Br2Cl2N4. The van der Waals surface area contributed by atoms with Gasteiger partial charge in [0.25, 0.3) is 0 Å². The van der Waals surface area contributed by atoms with E-state index in [-0.39, 0.29) is 58.8 Å². The van der Waals surface area contributed by atoms with Gasteiger partial charge in [-0.1, -0.05) is 39.5 Å². The maximum absolute atomic E-state index is 2.38. The number of quaternary nitrogens is 4. The van der Waals surface area contributed by atoms with Gasteiger partial charge in [0.15, 0.2) is 0 Å². The second kappa shape index (κ2) is 27.5. The van der Waals surface area contributed by atoms with Gasteiger partial charge in [-0.05, 0) is 33.1 Å². The lowest BCUT2D eigenvalue weighted by Crippen LogP contribution is -3.00. The number of halogens is 4. The molecule has 0 aliphatic rings. The van der Waals surface area contributed by atoms with Gasteiger partial charge >= 0.3 is 0 Å². The van der Waals surface area contributed by atoms with Crippen LogP contribution >= 0.6 is 0 Å². The fraction of sp³-hybridized carbons (Fsp3) is 1.00. The summed E-state index contributed by atoms with van der Waals surface area (Å²) in [5, 5.41) is 0. The zero-order valence-electron chi connectivity index (χ0n) is 27.3. The van der Waals surface area contributed by atoms with E-state index in [2.05, 4.69) is 84.1 Å². The van der Waals surface area contributed by atoms with Gasteiger partial charge in [-0.25, -0.2) is 0 Å². The predicted octanol–water partition coefficient (Wildman–Crippen LogP) is -6.12. The van der Waals surface area contributed by atoms with Gasteiger partial charge in [0.1, 0.15) is 0 Å². The van der Waals surface area contributed by atoms with Gasteiger partial charge < -0.3 is 76.7 Å².